The van der Waals surface area contributed by atoms with Crippen LogP contribution in [0.4, 0.5) is 45.5 Å². The highest BCUT2D eigenvalue weighted by molar-refractivity contribution is 8.03. The van der Waals surface area contributed by atoms with Crippen molar-refractivity contribution in [3.63, 3.8) is 0 Å². The number of anilines is 8. The SMILES string of the molecule is CC1(C)c2cc(/C=C/c3ccc(-c4ccc(N5c6ccccc6N(c6ccccc6)c6ccccc65)c5ccccc45)cc3)ccc2-c2ccc(N3C4=C(CCC=C4)Sc4ccccc43)cc21. The predicted octanol–water partition coefficient (Wildman–Crippen LogP) is 18.0. The smallest absolute Gasteiger partial charge is 0.0703 e. The summed E-state index contributed by atoms with van der Waals surface area (Å²) in [4.78, 5) is 10.1. The van der Waals surface area contributed by atoms with Crippen LogP contribution in [0.25, 0.3) is 45.2 Å². The molecule has 0 fully saturated rings. The minimum Gasteiger partial charge on any atom is -0.309 e. The lowest BCUT2D eigenvalue weighted by molar-refractivity contribution is 0.660. The van der Waals surface area contributed by atoms with E-state index < -0.39 is 0 Å². The maximum absolute atomic E-state index is 2.49. The molecule has 0 unspecified atom stereocenters. The lowest BCUT2D eigenvalue weighted by Gasteiger charge is -2.40. The summed E-state index contributed by atoms with van der Waals surface area (Å²) in [5.41, 5.74) is 20.8. The molecule has 4 heteroatoms. The van der Waals surface area contributed by atoms with E-state index in [1.54, 1.807) is 0 Å². The molecule has 9 aromatic rings. The number of allylic oxidation sites excluding steroid dienone is 3. The summed E-state index contributed by atoms with van der Waals surface area (Å²) in [6.45, 7) is 4.78. The molecule has 4 aliphatic rings. The van der Waals surface area contributed by atoms with Crippen LogP contribution in [0, 0.1) is 0 Å². The largest absolute Gasteiger partial charge is 0.309 e. The van der Waals surface area contributed by atoms with Crippen molar-refractivity contribution >= 4 is 80.2 Å². The van der Waals surface area contributed by atoms with Gasteiger partial charge in [-0.15, -0.1) is 0 Å². The number of para-hydroxylation sites is 6. The van der Waals surface area contributed by atoms with Crippen LogP contribution in [0.1, 0.15) is 48.9 Å². The molecule has 0 saturated heterocycles. The zero-order valence-corrected chi connectivity index (χ0v) is 38.3. The van der Waals surface area contributed by atoms with Crippen LogP contribution in [0.15, 0.2) is 228 Å². The number of fused-ring (bicyclic) bond motifs is 7. The number of rotatable bonds is 6. The standard InChI is InChI=1S/C63H47N3S/c1-63(2)52-40-43(32-36-49(52)50-37-35-46(41-53(50)63)65-59-24-12-14-26-61(59)67-62-27-15-13-25-60(62)65)29-28-42-30-33-44(34-31-42)47-38-39-54(51-19-7-6-18-48(47)51)66-57-22-10-8-20-55(57)64(45-16-4-3-5-17-45)56-21-9-11-23-58(56)66/h3-14,16-26,28-41H,15,27H2,1-2H3/b29-28+. The first kappa shape index (κ1) is 39.6. The zero-order chi connectivity index (χ0) is 44.6. The minimum atomic E-state index is -0.141. The molecule has 13 rings (SSSR count). The topological polar surface area (TPSA) is 9.72 Å². The van der Waals surface area contributed by atoms with Crippen molar-refractivity contribution < 1.29 is 0 Å². The lowest BCUT2D eigenvalue weighted by Crippen LogP contribution is -2.24. The van der Waals surface area contributed by atoms with Gasteiger partial charge in [0.05, 0.1) is 39.8 Å². The van der Waals surface area contributed by atoms with E-state index in [-0.39, 0.29) is 5.41 Å². The van der Waals surface area contributed by atoms with E-state index in [2.05, 4.69) is 253 Å². The normalized spacial score (nSPS) is 15.3. The molecular formula is C63H47N3S. The first-order valence-electron chi connectivity index (χ1n) is 23.4. The van der Waals surface area contributed by atoms with Crippen LogP contribution >= 0.6 is 11.8 Å². The van der Waals surface area contributed by atoms with Gasteiger partial charge in [0.25, 0.3) is 0 Å². The molecule has 67 heavy (non-hydrogen) atoms. The zero-order valence-electron chi connectivity index (χ0n) is 37.5. The third-order valence-corrected chi connectivity index (χ3v) is 15.4. The summed E-state index contributed by atoms with van der Waals surface area (Å²) in [5.74, 6) is 0. The summed E-state index contributed by atoms with van der Waals surface area (Å²) in [7, 11) is 0. The molecule has 0 radical (unpaired) electrons. The molecule has 0 saturated carbocycles. The van der Waals surface area contributed by atoms with Crippen molar-refractivity contribution in [3.05, 3.63) is 245 Å². The summed E-state index contributed by atoms with van der Waals surface area (Å²) in [6.07, 6.45) is 11.4. The van der Waals surface area contributed by atoms with Gasteiger partial charge < -0.3 is 14.7 Å². The second kappa shape index (κ2) is 15.7. The Balaban J connectivity index is 0.792. The maximum Gasteiger partial charge on any atom is 0.0703 e. The Morgan fingerprint density at radius 3 is 1.78 bits per heavy atom. The summed E-state index contributed by atoms with van der Waals surface area (Å²) in [6, 6.07) is 73.7. The van der Waals surface area contributed by atoms with E-state index in [9.17, 15) is 0 Å². The molecule has 2 aliphatic heterocycles. The van der Waals surface area contributed by atoms with Gasteiger partial charge in [-0.1, -0.05) is 177 Å². The highest BCUT2D eigenvalue weighted by atomic mass is 32.2. The third-order valence-electron chi connectivity index (χ3n) is 14.2. The Morgan fingerprint density at radius 2 is 1.03 bits per heavy atom. The number of hydrogen-bond acceptors (Lipinski definition) is 4. The molecule has 320 valence electrons. The van der Waals surface area contributed by atoms with E-state index in [1.807, 2.05) is 11.8 Å². The molecule has 0 amide bonds. The quantitative estimate of drug-likeness (QED) is 0.154. The Bertz CT molecular complexity index is 3500. The Labute approximate surface area is 397 Å². The van der Waals surface area contributed by atoms with Crippen molar-refractivity contribution in [1.29, 1.82) is 0 Å². The van der Waals surface area contributed by atoms with Crippen LogP contribution in [-0.4, -0.2) is 0 Å². The van der Waals surface area contributed by atoms with Crippen molar-refractivity contribution in [2.75, 3.05) is 14.7 Å². The molecule has 0 spiro atoms. The molecule has 0 aromatic heterocycles. The average Bonchev–Trinajstić information content (AvgIpc) is 3.61. The van der Waals surface area contributed by atoms with E-state index in [1.165, 1.54) is 82.2 Å². The molecule has 2 aliphatic carbocycles. The molecule has 0 N–H and O–H groups in total. The monoisotopic (exact) mass is 877 g/mol. The van der Waals surface area contributed by atoms with Gasteiger partial charge in [0.1, 0.15) is 0 Å². The Kier molecular flexibility index (Phi) is 9.26. The Morgan fingerprint density at radius 1 is 0.448 bits per heavy atom. The number of hydrogen-bond donors (Lipinski definition) is 0. The molecule has 0 bridgehead atoms. The van der Waals surface area contributed by atoms with E-state index >= 15 is 0 Å². The highest BCUT2D eigenvalue weighted by Gasteiger charge is 2.37. The fraction of sp³-hybridized carbons (Fsp3) is 0.0794. The van der Waals surface area contributed by atoms with Gasteiger partial charge in [-0.3, -0.25) is 0 Å². The molecule has 3 nitrogen and oxygen atoms in total. The van der Waals surface area contributed by atoms with Crippen LogP contribution in [-0.2, 0) is 5.41 Å². The maximum atomic E-state index is 2.49. The van der Waals surface area contributed by atoms with Gasteiger partial charge in [0.15, 0.2) is 0 Å². The third kappa shape index (κ3) is 6.42. The minimum absolute atomic E-state index is 0.141. The van der Waals surface area contributed by atoms with Gasteiger partial charge in [-0.25, -0.2) is 0 Å². The summed E-state index contributed by atoms with van der Waals surface area (Å²) < 4.78 is 0. The molecule has 2 heterocycles. The molecule has 9 aromatic carbocycles. The highest BCUT2D eigenvalue weighted by Crippen LogP contribution is 2.56. The van der Waals surface area contributed by atoms with Crippen molar-refractivity contribution in [3.8, 4) is 22.3 Å². The number of benzene rings is 9. The first-order valence-corrected chi connectivity index (χ1v) is 24.2. The lowest BCUT2D eigenvalue weighted by atomic mass is 9.81. The molecule has 0 atom stereocenters. The van der Waals surface area contributed by atoms with Crippen molar-refractivity contribution in [2.24, 2.45) is 0 Å². The van der Waals surface area contributed by atoms with Crippen LogP contribution in [0.2, 0.25) is 0 Å². The van der Waals surface area contributed by atoms with E-state index in [0.29, 0.717) is 0 Å². The summed E-state index contributed by atoms with van der Waals surface area (Å²) in [5, 5.41) is 2.44. The van der Waals surface area contributed by atoms with Gasteiger partial charge in [-0.2, -0.15) is 0 Å². The average molecular weight is 878 g/mol. The van der Waals surface area contributed by atoms with E-state index in [4.69, 9.17) is 0 Å². The second-order valence-corrected chi connectivity index (χ2v) is 19.6. The predicted molar refractivity (Wildman–Crippen MR) is 285 cm³/mol. The van der Waals surface area contributed by atoms with Crippen LogP contribution < -0.4 is 14.7 Å². The first-order chi connectivity index (χ1) is 33.0. The Hall–Kier alpha value is -7.79. The van der Waals surface area contributed by atoms with Crippen molar-refractivity contribution in [2.45, 2.75) is 37.0 Å². The summed E-state index contributed by atoms with van der Waals surface area (Å²) >= 11 is 1.94. The van der Waals surface area contributed by atoms with Gasteiger partial charge in [0, 0.05) is 32.0 Å². The fourth-order valence-corrected chi connectivity index (χ4v) is 12.1. The van der Waals surface area contributed by atoms with Gasteiger partial charge in [0.2, 0.25) is 0 Å². The fourth-order valence-electron chi connectivity index (χ4n) is 10.9. The number of thioether (sulfide) groups is 1. The van der Waals surface area contributed by atoms with E-state index in [0.717, 1.165) is 47.0 Å². The van der Waals surface area contributed by atoms with Gasteiger partial charge in [-0.05, 0) is 136 Å². The van der Waals surface area contributed by atoms with Crippen molar-refractivity contribution in [1.82, 2.24) is 0 Å². The number of nitrogens with zero attached hydrogens (tertiary/aromatic N) is 3. The van der Waals surface area contributed by atoms with Crippen LogP contribution in [0.3, 0.4) is 0 Å². The second-order valence-electron chi connectivity index (χ2n) is 18.4. The van der Waals surface area contributed by atoms with Crippen LogP contribution in [0.5, 0.6) is 0 Å². The molecular weight excluding hydrogens is 831 g/mol. The van der Waals surface area contributed by atoms with Gasteiger partial charge >= 0.3 is 0 Å².